The molecular weight excluding hydrogens is 296 g/mol. The van der Waals surface area contributed by atoms with Gasteiger partial charge >= 0.3 is 0 Å². The van der Waals surface area contributed by atoms with Crippen LogP contribution in [0.15, 0.2) is 29.6 Å². The van der Waals surface area contributed by atoms with E-state index in [1.54, 1.807) is 11.3 Å². The summed E-state index contributed by atoms with van der Waals surface area (Å²) in [5.74, 6) is 0. The van der Waals surface area contributed by atoms with Gasteiger partial charge in [0.15, 0.2) is 0 Å². The third-order valence-corrected chi connectivity index (χ3v) is 4.97. The monoisotopic (exact) mass is 318 g/mol. The number of aliphatic hydroxyl groups is 1. The number of ether oxygens (including phenoxy) is 1. The van der Waals surface area contributed by atoms with Crippen LogP contribution in [0.25, 0.3) is 10.6 Å². The second kappa shape index (κ2) is 6.87. The van der Waals surface area contributed by atoms with E-state index in [0.717, 1.165) is 16.3 Å². The molecular formula is C17H22N2O2S. The number of hydrogen-bond acceptors (Lipinski definition) is 5. The van der Waals surface area contributed by atoms with Crippen molar-refractivity contribution in [1.82, 2.24) is 10.3 Å². The SMILES string of the molecule is Cc1ccc(-c2nc(CNCC3(O)CCOCC3)cs2)cc1. The van der Waals surface area contributed by atoms with Crippen LogP contribution in [-0.4, -0.2) is 35.5 Å². The molecule has 4 nitrogen and oxygen atoms in total. The van der Waals surface area contributed by atoms with E-state index < -0.39 is 5.60 Å². The van der Waals surface area contributed by atoms with Gasteiger partial charge in [-0.2, -0.15) is 0 Å². The van der Waals surface area contributed by atoms with Crippen molar-refractivity contribution >= 4 is 11.3 Å². The van der Waals surface area contributed by atoms with Crippen LogP contribution in [0.4, 0.5) is 0 Å². The van der Waals surface area contributed by atoms with Crippen molar-refractivity contribution in [3.8, 4) is 10.6 Å². The Morgan fingerprint density at radius 3 is 2.73 bits per heavy atom. The Morgan fingerprint density at radius 2 is 2.00 bits per heavy atom. The van der Waals surface area contributed by atoms with Gasteiger partial charge in [0, 0.05) is 50.1 Å². The summed E-state index contributed by atoms with van der Waals surface area (Å²) in [6.45, 7) is 4.65. The van der Waals surface area contributed by atoms with Gasteiger partial charge in [-0.1, -0.05) is 29.8 Å². The minimum atomic E-state index is -0.631. The first kappa shape index (κ1) is 15.6. The molecule has 0 unspecified atom stereocenters. The van der Waals surface area contributed by atoms with Crippen molar-refractivity contribution in [3.05, 3.63) is 40.9 Å². The van der Waals surface area contributed by atoms with Crippen molar-refractivity contribution in [3.63, 3.8) is 0 Å². The Hall–Kier alpha value is -1.27. The van der Waals surface area contributed by atoms with E-state index in [1.807, 2.05) is 0 Å². The molecule has 118 valence electrons. The maximum atomic E-state index is 10.4. The highest BCUT2D eigenvalue weighted by Crippen LogP contribution is 2.24. The van der Waals surface area contributed by atoms with Crippen LogP contribution in [0.1, 0.15) is 24.1 Å². The van der Waals surface area contributed by atoms with Crippen molar-refractivity contribution in [2.45, 2.75) is 31.9 Å². The van der Waals surface area contributed by atoms with Crippen molar-refractivity contribution in [2.24, 2.45) is 0 Å². The molecule has 0 spiro atoms. The van der Waals surface area contributed by atoms with Crippen molar-refractivity contribution in [2.75, 3.05) is 19.8 Å². The Labute approximate surface area is 135 Å². The summed E-state index contributed by atoms with van der Waals surface area (Å²) in [6.07, 6.45) is 1.40. The number of nitrogens with zero attached hydrogens (tertiary/aromatic N) is 1. The van der Waals surface area contributed by atoms with E-state index in [9.17, 15) is 5.11 Å². The molecule has 22 heavy (non-hydrogen) atoms. The minimum absolute atomic E-state index is 0.591. The van der Waals surface area contributed by atoms with Crippen LogP contribution in [0, 0.1) is 6.92 Å². The third-order valence-electron chi connectivity index (χ3n) is 4.03. The zero-order chi connectivity index (χ0) is 15.4. The molecule has 1 aromatic heterocycles. The molecule has 3 rings (SSSR count). The normalized spacial score (nSPS) is 17.5. The van der Waals surface area contributed by atoms with E-state index in [0.29, 0.717) is 39.1 Å². The molecule has 5 heteroatoms. The lowest BCUT2D eigenvalue weighted by Crippen LogP contribution is -2.44. The number of nitrogens with one attached hydrogen (secondary N) is 1. The van der Waals surface area contributed by atoms with Crippen molar-refractivity contribution < 1.29 is 9.84 Å². The smallest absolute Gasteiger partial charge is 0.123 e. The first-order valence-corrected chi connectivity index (χ1v) is 8.55. The molecule has 2 N–H and O–H groups in total. The molecule has 0 saturated carbocycles. The fourth-order valence-corrected chi connectivity index (χ4v) is 3.39. The Kier molecular flexibility index (Phi) is 4.88. The summed E-state index contributed by atoms with van der Waals surface area (Å²) in [7, 11) is 0. The fourth-order valence-electron chi connectivity index (χ4n) is 2.57. The van der Waals surface area contributed by atoms with E-state index in [2.05, 4.69) is 46.9 Å². The maximum Gasteiger partial charge on any atom is 0.123 e. The summed E-state index contributed by atoms with van der Waals surface area (Å²) < 4.78 is 5.29. The second-order valence-electron chi connectivity index (χ2n) is 5.95. The van der Waals surface area contributed by atoms with Crippen LogP contribution in [0.3, 0.4) is 0 Å². The first-order chi connectivity index (χ1) is 10.6. The quantitative estimate of drug-likeness (QED) is 0.890. The average Bonchev–Trinajstić information content (AvgIpc) is 2.97. The van der Waals surface area contributed by atoms with Crippen LogP contribution in [0.2, 0.25) is 0 Å². The van der Waals surface area contributed by atoms with Crippen molar-refractivity contribution in [1.29, 1.82) is 0 Å². The van der Waals surface area contributed by atoms with Crippen LogP contribution in [-0.2, 0) is 11.3 Å². The Morgan fingerprint density at radius 1 is 1.27 bits per heavy atom. The molecule has 0 atom stereocenters. The number of thiazole rings is 1. The molecule has 0 bridgehead atoms. The largest absolute Gasteiger partial charge is 0.388 e. The van der Waals surface area contributed by atoms with E-state index >= 15 is 0 Å². The van der Waals surface area contributed by atoms with Crippen LogP contribution >= 0.6 is 11.3 Å². The molecule has 0 aliphatic carbocycles. The average molecular weight is 318 g/mol. The Balaban J connectivity index is 1.54. The Bertz CT molecular complexity index is 603. The van der Waals surface area contributed by atoms with Gasteiger partial charge < -0.3 is 15.2 Å². The molecule has 1 aromatic carbocycles. The van der Waals surface area contributed by atoms with Gasteiger partial charge in [0.05, 0.1) is 11.3 Å². The highest BCUT2D eigenvalue weighted by molar-refractivity contribution is 7.13. The molecule has 1 aliphatic rings. The van der Waals surface area contributed by atoms with Gasteiger partial charge in [-0.25, -0.2) is 4.98 Å². The topological polar surface area (TPSA) is 54.4 Å². The maximum absolute atomic E-state index is 10.4. The van der Waals surface area contributed by atoms with Gasteiger partial charge in [0.25, 0.3) is 0 Å². The summed E-state index contributed by atoms with van der Waals surface area (Å²) >= 11 is 1.66. The molecule has 1 aliphatic heterocycles. The second-order valence-corrected chi connectivity index (χ2v) is 6.81. The number of hydrogen-bond donors (Lipinski definition) is 2. The standard InChI is InChI=1S/C17H22N2O2S/c1-13-2-4-14(5-3-13)16-19-15(11-22-16)10-18-12-17(20)6-8-21-9-7-17/h2-5,11,18,20H,6-10,12H2,1H3. The number of aryl methyl sites for hydroxylation is 1. The predicted octanol–water partition coefficient (Wildman–Crippen LogP) is 2.75. The van der Waals surface area contributed by atoms with Gasteiger partial charge in [-0.3, -0.25) is 0 Å². The van der Waals surface area contributed by atoms with Gasteiger partial charge in [-0.15, -0.1) is 11.3 Å². The van der Waals surface area contributed by atoms with E-state index in [-0.39, 0.29) is 0 Å². The van der Waals surface area contributed by atoms with Gasteiger partial charge in [0.2, 0.25) is 0 Å². The predicted molar refractivity (Wildman–Crippen MR) is 89.0 cm³/mol. The molecule has 1 fully saturated rings. The van der Waals surface area contributed by atoms with Gasteiger partial charge in [0.1, 0.15) is 5.01 Å². The zero-order valence-electron chi connectivity index (χ0n) is 12.8. The lowest BCUT2D eigenvalue weighted by molar-refractivity contribution is -0.0617. The van der Waals surface area contributed by atoms with Crippen LogP contribution < -0.4 is 5.32 Å². The van der Waals surface area contributed by atoms with Gasteiger partial charge in [-0.05, 0) is 6.92 Å². The van der Waals surface area contributed by atoms with E-state index in [4.69, 9.17) is 4.74 Å². The zero-order valence-corrected chi connectivity index (χ0v) is 13.7. The number of aromatic nitrogens is 1. The number of benzene rings is 1. The summed E-state index contributed by atoms with van der Waals surface area (Å²) in [6, 6.07) is 8.43. The molecule has 0 amide bonds. The fraction of sp³-hybridized carbons (Fsp3) is 0.471. The highest BCUT2D eigenvalue weighted by atomic mass is 32.1. The molecule has 1 saturated heterocycles. The lowest BCUT2D eigenvalue weighted by Gasteiger charge is -2.32. The molecule has 0 radical (unpaired) electrons. The molecule has 2 aromatic rings. The first-order valence-electron chi connectivity index (χ1n) is 7.67. The van der Waals surface area contributed by atoms with E-state index in [1.165, 1.54) is 5.56 Å². The summed E-state index contributed by atoms with van der Waals surface area (Å²) in [4.78, 5) is 4.67. The van der Waals surface area contributed by atoms with Crippen LogP contribution in [0.5, 0.6) is 0 Å². The highest BCUT2D eigenvalue weighted by Gasteiger charge is 2.29. The lowest BCUT2D eigenvalue weighted by atomic mass is 9.94. The third kappa shape index (κ3) is 3.93. The summed E-state index contributed by atoms with van der Waals surface area (Å²) in [5, 5.41) is 16.8. The summed E-state index contributed by atoms with van der Waals surface area (Å²) in [5.41, 5.74) is 2.81. The minimum Gasteiger partial charge on any atom is -0.388 e. The number of rotatable bonds is 5. The molecule has 2 heterocycles.